The average molecular weight is 263 g/mol. The fourth-order valence-corrected chi connectivity index (χ4v) is 2.18. The second kappa shape index (κ2) is 7.06. The molecule has 0 saturated carbocycles. The van der Waals surface area contributed by atoms with E-state index >= 15 is 0 Å². The van der Waals surface area contributed by atoms with E-state index in [4.69, 9.17) is 21.4 Å². The first-order valence-corrected chi connectivity index (χ1v) is 6.28. The van der Waals surface area contributed by atoms with E-state index in [0.29, 0.717) is 17.6 Å². The Labute approximate surface area is 104 Å². The van der Waals surface area contributed by atoms with Crippen LogP contribution in [0.3, 0.4) is 0 Å². The summed E-state index contributed by atoms with van der Waals surface area (Å²) in [4.78, 5) is 8.33. The normalized spacial score (nSPS) is 12.8. The summed E-state index contributed by atoms with van der Waals surface area (Å²) in [5.41, 5.74) is 0. The van der Waals surface area contributed by atoms with Gasteiger partial charge in [-0.15, -0.1) is 11.8 Å². The summed E-state index contributed by atoms with van der Waals surface area (Å²) in [6.45, 7) is 2.51. The highest BCUT2D eigenvalue weighted by Crippen LogP contribution is 2.21. The van der Waals surface area contributed by atoms with Crippen molar-refractivity contribution >= 4 is 23.4 Å². The molecule has 0 saturated heterocycles. The Bertz CT molecular complexity index is 339. The first-order chi connectivity index (χ1) is 7.65. The Balaban J connectivity index is 2.64. The second-order valence-corrected chi connectivity index (χ2v) is 4.90. The molecule has 1 atom stereocenters. The predicted molar refractivity (Wildman–Crippen MR) is 64.7 cm³/mol. The summed E-state index contributed by atoms with van der Waals surface area (Å²) >= 11 is 7.42. The topological polar surface area (TPSA) is 55.2 Å². The molecule has 0 aliphatic rings. The van der Waals surface area contributed by atoms with E-state index in [1.807, 2.05) is 6.92 Å². The number of nitrogens with zero attached hydrogens (tertiary/aromatic N) is 2. The van der Waals surface area contributed by atoms with E-state index in [1.165, 1.54) is 0 Å². The van der Waals surface area contributed by atoms with Gasteiger partial charge in [0, 0.05) is 25.5 Å². The van der Waals surface area contributed by atoms with Crippen molar-refractivity contribution in [2.75, 3.05) is 19.5 Å². The van der Waals surface area contributed by atoms with Gasteiger partial charge in [-0.1, -0.05) is 18.5 Å². The molecule has 1 unspecified atom stereocenters. The van der Waals surface area contributed by atoms with Crippen LogP contribution in [0.2, 0.25) is 5.15 Å². The van der Waals surface area contributed by atoms with Crippen LogP contribution in [0.15, 0.2) is 11.1 Å². The van der Waals surface area contributed by atoms with Crippen LogP contribution in [-0.2, 0) is 11.3 Å². The van der Waals surface area contributed by atoms with Crippen LogP contribution >= 0.6 is 23.4 Å². The molecule has 16 heavy (non-hydrogen) atoms. The molecule has 1 N–H and O–H groups in total. The van der Waals surface area contributed by atoms with Crippen molar-refractivity contribution in [3.63, 3.8) is 0 Å². The number of rotatable bonds is 6. The molecular weight excluding hydrogens is 248 g/mol. The molecule has 0 aliphatic heterocycles. The van der Waals surface area contributed by atoms with Gasteiger partial charge in [-0.25, -0.2) is 9.97 Å². The minimum Gasteiger partial charge on any atom is -0.396 e. The highest BCUT2D eigenvalue weighted by Gasteiger charge is 2.06. The smallest absolute Gasteiger partial charge is 0.156 e. The summed E-state index contributed by atoms with van der Waals surface area (Å²) in [5, 5.41) is 10.1. The van der Waals surface area contributed by atoms with E-state index < -0.39 is 0 Å². The van der Waals surface area contributed by atoms with Gasteiger partial charge in [0.25, 0.3) is 0 Å². The third-order valence-corrected chi connectivity index (χ3v) is 3.25. The van der Waals surface area contributed by atoms with Crippen molar-refractivity contribution < 1.29 is 9.84 Å². The summed E-state index contributed by atoms with van der Waals surface area (Å²) in [6.07, 6.45) is 0. The van der Waals surface area contributed by atoms with Gasteiger partial charge in [0.05, 0.1) is 0 Å². The zero-order valence-electron chi connectivity index (χ0n) is 9.31. The molecule has 0 spiro atoms. The summed E-state index contributed by atoms with van der Waals surface area (Å²) in [7, 11) is 1.59. The van der Waals surface area contributed by atoms with Crippen molar-refractivity contribution in [2.45, 2.75) is 18.6 Å². The second-order valence-electron chi connectivity index (χ2n) is 3.48. The number of hydrogen-bond acceptors (Lipinski definition) is 5. The maximum absolute atomic E-state index is 8.91. The number of aliphatic hydroxyl groups excluding tert-OH is 1. The van der Waals surface area contributed by atoms with Gasteiger partial charge < -0.3 is 9.84 Å². The Kier molecular flexibility index (Phi) is 6.05. The van der Waals surface area contributed by atoms with E-state index in [1.54, 1.807) is 24.9 Å². The van der Waals surface area contributed by atoms with Gasteiger partial charge in [-0.3, -0.25) is 0 Å². The molecule has 0 amide bonds. The van der Waals surface area contributed by atoms with Crippen LogP contribution in [0.5, 0.6) is 0 Å². The van der Waals surface area contributed by atoms with Crippen LogP contribution in [-0.4, -0.2) is 34.5 Å². The maximum atomic E-state index is 8.91. The van der Waals surface area contributed by atoms with E-state index in [2.05, 4.69) is 9.97 Å². The molecule has 0 aliphatic carbocycles. The molecule has 0 radical (unpaired) electrons. The highest BCUT2D eigenvalue weighted by molar-refractivity contribution is 7.99. The minimum atomic E-state index is 0.177. The van der Waals surface area contributed by atoms with Crippen molar-refractivity contribution in [3.8, 4) is 0 Å². The Hall–Kier alpha value is -0.360. The van der Waals surface area contributed by atoms with Gasteiger partial charge in [0.1, 0.15) is 16.8 Å². The predicted octanol–water partition coefficient (Wildman–Crippen LogP) is 2.00. The monoisotopic (exact) mass is 262 g/mol. The first-order valence-electron chi connectivity index (χ1n) is 4.91. The van der Waals surface area contributed by atoms with Gasteiger partial charge in [0.2, 0.25) is 0 Å². The Morgan fingerprint density at radius 1 is 1.56 bits per heavy atom. The van der Waals surface area contributed by atoms with Crippen LogP contribution in [0.4, 0.5) is 0 Å². The molecule has 90 valence electrons. The van der Waals surface area contributed by atoms with Gasteiger partial charge in [0.15, 0.2) is 5.82 Å². The average Bonchev–Trinajstić information content (AvgIpc) is 2.25. The molecule has 4 nitrogen and oxygen atoms in total. The number of ether oxygens (including phenoxy) is 1. The molecule has 1 aromatic rings. The van der Waals surface area contributed by atoms with E-state index in [0.717, 1.165) is 10.8 Å². The summed E-state index contributed by atoms with van der Waals surface area (Å²) in [5.74, 6) is 1.62. The molecule has 1 rings (SSSR count). The van der Waals surface area contributed by atoms with Crippen LogP contribution < -0.4 is 0 Å². The van der Waals surface area contributed by atoms with Gasteiger partial charge in [-0.2, -0.15) is 0 Å². The van der Waals surface area contributed by atoms with Crippen molar-refractivity contribution in [2.24, 2.45) is 5.92 Å². The van der Waals surface area contributed by atoms with Crippen LogP contribution in [0.25, 0.3) is 0 Å². The quantitative estimate of drug-likeness (QED) is 0.628. The molecular formula is C10H15ClN2O2S. The fraction of sp³-hybridized carbons (Fsp3) is 0.600. The lowest BCUT2D eigenvalue weighted by molar-refractivity contribution is 0.177. The molecule has 0 bridgehead atoms. The lowest BCUT2D eigenvalue weighted by Gasteiger charge is -2.07. The highest BCUT2D eigenvalue weighted by atomic mass is 35.5. The Morgan fingerprint density at radius 2 is 2.31 bits per heavy atom. The van der Waals surface area contributed by atoms with Crippen LogP contribution in [0, 0.1) is 5.92 Å². The largest absolute Gasteiger partial charge is 0.396 e. The number of thioether (sulfide) groups is 1. The maximum Gasteiger partial charge on any atom is 0.156 e. The first kappa shape index (κ1) is 13.7. The lowest BCUT2D eigenvalue weighted by atomic mass is 10.2. The van der Waals surface area contributed by atoms with Gasteiger partial charge >= 0.3 is 0 Å². The number of methoxy groups -OCH3 is 1. The molecule has 0 aromatic carbocycles. The number of aliphatic hydroxyl groups is 1. The van der Waals surface area contributed by atoms with Crippen molar-refractivity contribution in [3.05, 3.63) is 17.0 Å². The van der Waals surface area contributed by atoms with E-state index in [-0.39, 0.29) is 12.5 Å². The number of halogens is 1. The van der Waals surface area contributed by atoms with Crippen LogP contribution in [0.1, 0.15) is 12.7 Å². The zero-order valence-corrected chi connectivity index (χ0v) is 10.9. The third-order valence-electron chi connectivity index (χ3n) is 1.82. The SMILES string of the molecule is COCc1nc(Cl)cc(SCC(C)CO)n1. The Morgan fingerprint density at radius 3 is 2.94 bits per heavy atom. The number of aromatic nitrogens is 2. The molecule has 6 heteroatoms. The standard InChI is InChI=1S/C10H15ClN2O2S/c1-7(4-14)6-16-10-3-8(11)12-9(13-10)5-15-2/h3,7,14H,4-6H2,1-2H3. The third kappa shape index (κ3) is 4.65. The lowest BCUT2D eigenvalue weighted by Crippen LogP contribution is -2.04. The molecule has 1 aromatic heterocycles. The van der Waals surface area contributed by atoms with E-state index in [9.17, 15) is 0 Å². The summed E-state index contributed by atoms with van der Waals surface area (Å²) in [6, 6.07) is 1.72. The van der Waals surface area contributed by atoms with Gasteiger partial charge in [-0.05, 0) is 5.92 Å². The number of hydrogen-bond donors (Lipinski definition) is 1. The summed E-state index contributed by atoms with van der Waals surface area (Å²) < 4.78 is 4.95. The zero-order chi connectivity index (χ0) is 12.0. The molecule has 0 fully saturated rings. The van der Waals surface area contributed by atoms with Crippen molar-refractivity contribution in [1.29, 1.82) is 0 Å². The molecule has 1 heterocycles. The van der Waals surface area contributed by atoms with Crippen molar-refractivity contribution in [1.82, 2.24) is 9.97 Å². The fourth-order valence-electron chi connectivity index (χ4n) is 0.990. The minimum absolute atomic E-state index is 0.177.